The van der Waals surface area contributed by atoms with Crippen molar-refractivity contribution < 1.29 is 75.8 Å². The van der Waals surface area contributed by atoms with E-state index in [1.54, 1.807) is 0 Å². The fourth-order valence-electron chi connectivity index (χ4n) is 9.03. The van der Waals surface area contributed by atoms with Crippen molar-refractivity contribution in [3.63, 3.8) is 0 Å². The molecule has 93 heavy (non-hydrogen) atoms. The van der Waals surface area contributed by atoms with Crippen LogP contribution >= 0.6 is 15.6 Å². The minimum Gasteiger partial charge on any atom is -0.463 e. The highest BCUT2D eigenvalue weighted by Crippen LogP contribution is 2.45. The fourth-order valence-corrected chi connectivity index (χ4v) is 10.6. The number of aliphatic hydroxyl groups is 2. The highest BCUT2D eigenvalue weighted by atomic mass is 31.2. The smallest absolute Gasteiger partial charge is 0.463 e. The third-order valence-electron chi connectivity index (χ3n) is 14.4. The number of phosphoric ester groups is 2. The van der Waals surface area contributed by atoms with Gasteiger partial charge in [0.1, 0.15) is 25.4 Å². The van der Waals surface area contributed by atoms with Crippen LogP contribution in [-0.2, 0) is 55.8 Å². The summed E-state index contributed by atoms with van der Waals surface area (Å²) in [6, 6.07) is 0. The van der Waals surface area contributed by atoms with Crippen molar-refractivity contribution in [3.05, 3.63) is 134 Å². The standard InChI is InChI=1S/C75H126O16P2/c1-4-7-10-13-16-19-22-24-26-28-30-31-32-33-34-35-36-37-39-41-42-44-47-49-52-55-58-61-73(78)85-64-70(76)65-87-92(81,82)88-66-71(77)67-89-93(83,84)90-69-72(91-75(80)63-60-57-54-51-46-21-18-15-12-9-6-3)68-86-74(79)62-59-56-53-50-48-45-43-40-38-29-27-25-23-20-17-14-11-8-5-2/h7-8,10-11,16-17,19-20,24-27,30-31,33-34,38,40,45,48,53,56,70-72,76-77H,4-6,9,12-15,18,21-23,28-29,32,35-37,39,41-44,46-47,49-52,54-55,57-69H2,1-3H3,(H,81,82)(H,83,84)/b10-7-,11-8-,19-16-,20-17-,26-24-,27-25-,31-30-,34-33-,40-38-,48-45-,56-53-. The molecule has 0 aromatic heterocycles. The van der Waals surface area contributed by atoms with Crippen LogP contribution in [0.4, 0.5) is 0 Å². The van der Waals surface area contributed by atoms with Gasteiger partial charge in [-0.05, 0) is 103 Å². The van der Waals surface area contributed by atoms with Crippen LogP contribution in [0.2, 0.25) is 0 Å². The molecule has 0 aromatic rings. The quantitative estimate of drug-likeness (QED) is 0.0146. The Morgan fingerprint density at radius 1 is 0.312 bits per heavy atom. The first-order valence-electron chi connectivity index (χ1n) is 35.5. The zero-order valence-corrected chi connectivity index (χ0v) is 59.4. The molecule has 0 amide bonds. The normalized spacial score (nSPS) is 15.0. The van der Waals surface area contributed by atoms with Crippen LogP contribution in [-0.4, -0.2) is 95.9 Å². The molecule has 0 bridgehead atoms. The third-order valence-corrected chi connectivity index (χ3v) is 16.3. The van der Waals surface area contributed by atoms with E-state index in [1.165, 1.54) is 83.5 Å². The molecule has 0 rings (SSSR count). The molecule has 0 saturated carbocycles. The Hall–Kier alpha value is -4.31. The van der Waals surface area contributed by atoms with Crippen molar-refractivity contribution >= 4 is 33.6 Å². The first kappa shape index (κ1) is 88.7. The van der Waals surface area contributed by atoms with Gasteiger partial charge in [0, 0.05) is 19.3 Å². The van der Waals surface area contributed by atoms with Crippen molar-refractivity contribution in [2.24, 2.45) is 0 Å². The van der Waals surface area contributed by atoms with Gasteiger partial charge in [-0.2, -0.15) is 0 Å². The maximum absolute atomic E-state index is 12.9. The van der Waals surface area contributed by atoms with Crippen molar-refractivity contribution in [2.45, 2.75) is 283 Å². The Bertz CT molecular complexity index is 2230. The predicted molar refractivity (Wildman–Crippen MR) is 380 cm³/mol. The van der Waals surface area contributed by atoms with E-state index in [0.29, 0.717) is 25.7 Å². The van der Waals surface area contributed by atoms with Gasteiger partial charge in [-0.1, -0.05) is 276 Å². The molecule has 5 atom stereocenters. The molecule has 0 aliphatic heterocycles. The zero-order chi connectivity index (χ0) is 68.1. The molecule has 0 fully saturated rings. The van der Waals surface area contributed by atoms with Gasteiger partial charge in [0.2, 0.25) is 0 Å². The first-order valence-corrected chi connectivity index (χ1v) is 38.5. The number of phosphoric acid groups is 2. The van der Waals surface area contributed by atoms with Crippen molar-refractivity contribution in [3.8, 4) is 0 Å². The highest BCUT2D eigenvalue weighted by molar-refractivity contribution is 7.47. The van der Waals surface area contributed by atoms with Crippen LogP contribution < -0.4 is 0 Å². The molecular weight excluding hydrogens is 1220 g/mol. The molecule has 4 N–H and O–H groups in total. The summed E-state index contributed by atoms with van der Waals surface area (Å²) in [6.45, 7) is 2.33. The molecule has 0 spiro atoms. The Morgan fingerprint density at radius 2 is 0.591 bits per heavy atom. The fraction of sp³-hybridized carbons (Fsp3) is 0.667. The van der Waals surface area contributed by atoms with E-state index in [1.807, 2.05) is 18.2 Å². The monoisotopic (exact) mass is 1340 g/mol. The lowest BCUT2D eigenvalue weighted by Crippen LogP contribution is -2.30. The number of aliphatic hydroxyl groups excluding tert-OH is 2. The lowest BCUT2D eigenvalue weighted by Gasteiger charge is -2.21. The second-order valence-corrected chi connectivity index (χ2v) is 26.2. The molecule has 0 aromatic carbocycles. The van der Waals surface area contributed by atoms with Gasteiger partial charge in [0.05, 0.1) is 26.4 Å². The number of rotatable bonds is 66. The molecule has 5 unspecified atom stereocenters. The van der Waals surface area contributed by atoms with Crippen molar-refractivity contribution in [2.75, 3.05) is 39.6 Å². The molecular formula is C75H126O16P2. The van der Waals surface area contributed by atoms with Crippen molar-refractivity contribution in [1.82, 2.24) is 0 Å². The molecule has 0 aliphatic rings. The molecule has 18 heteroatoms. The maximum Gasteiger partial charge on any atom is 0.472 e. The van der Waals surface area contributed by atoms with Crippen LogP contribution in [0.15, 0.2) is 134 Å². The second kappa shape index (κ2) is 67.7. The summed E-state index contributed by atoms with van der Waals surface area (Å²) < 4.78 is 60.8. The average Bonchev–Trinajstić information content (AvgIpc) is 3.68. The Kier molecular flexibility index (Phi) is 64.5. The van der Waals surface area contributed by atoms with Crippen LogP contribution in [0.5, 0.6) is 0 Å². The van der Waals surface area contributed by atoms with E-state index in [9.17, 15) is 43.5 Å². The van der Waals surface area contributed by atoms with E-state index in [4.69, 9.17) is 32.3 Å². The number of carbonyl (C=O) groups is 3. The Labute approximate surface area is 563 Å². The van der Waals surface area contributed by atoms with E-state index in [0.717, 1.165) is 116 Å². The summed E-state index contributed by atoms with van der Waals surface area (Å²) in [4.78, 5) is 58.3. The van der Waals surface area contributed by atoms with Crippen molar-refractivity contribution in [1.29, 1.82) is 0 Å². The zero-order valence-electron chi connectivity index (χ0n) is 57.6. The van der Waals surface area contributed by atoms with Crippen LogP contribution in [0, 0.1) is 0 Å². The third kappa shape index (κ3) is 68.9. The van der Waals surface area contributed by atoms with Gasteiger partial charge in [0.15, 0.2) is 6.10 Å². The van der Waals surface area contributed by atoms with E-state index in [-0.39, 0.29) is 19.3 Å². The Balaban J connectivity index is 4.54. The van der Waals surface area contributed by atoms with E-state index in [2.05, 4.69) is 136 Å². The largest absolute Gasteiger partial charge is 0.472 e. The summed E-state index contributed by atoms with van der Waals surface area (Å²) in [7, 11) is -9.80. The van der Waals surface area contributed by atoms with Gasteiger partial charge >= 0.3 is 33.6 Å². The summed E-state index contributed by atoms with van der Waals surface area (Å²) in [5, 5.41) is 20.6. The molecule has 0 radical (unpaired) electrons. The molecule has 16 nitrogen and oxygen atoms in total. The first-order chi connectivity index (χ1) is 45.2. The number of allylic oxidation sites excluding steroid dienone is 22. The number of carbonyl (C=O) groups excluding carboxylic acids is 3. The van der Waals surface area contributed by atoms with Gasteiger partial charge < -0.3 is 34.2 Å². The SMILES string of the molecule is CC/C=C\C/C=C\C/C=C\C/C=C\C/C=C\C/C=C\CCC(=O)OCC(COP(=O)(O)OCC(O)COP(=O)(O)OCC(O)COC(=O)CCCCCCCCCCCCC/C=C\C/C=C\C/C=C\C/C=C\C/C=C\CC)OC(=O)CCCCCCCCCCCCC. The lowest BCUT2D eigenvalue weighted by molar-refractivity contribution is -0.161. The minimum atomic E-state index is -4.94. The number of unbranched alkanes of at least 4 members (excludes halogenated alkanes) is 21. The number of esters is 3. The van der Waals surface area contributed by atoms with E-state index >= 15 is 0 Å². The van der Waals surface area contributed by atoms with Gasteiger partial charge in [0.25, 0.3) is 0 Å². The molecule has 532 valence electrons. The highest BCUT2D eigenvalue weighted by Gasteiger charge is 2.29. The topological polar surface area (TPSA) is 231 Å². The second-order valence-electron chi connectivity index (χ2n) is 23.3. The predicted octanol–water partition coefficient (Wildman–Crippen LogP) is 20.0. The van der Waals surface area contributed by atoms with Gasteiger partial charge in [-0.3, -0.25) is 32.5 Å². The minimum absolute atomic E-state index is 0.0441. The summed E-state index contributed by atoms with van der Waals surface area (Å²) in [5.41, 5.74) is 0. The summed E-state index contributed by atoms with van der Waals surface area (Å²) in [5.74, 6) is -1.68. The van der Waals surface area contributed by atoms with Crippen LogP contribution in [0.1, 0.15) is 265 Å². The molecule has 0 saturated heterocycles. The van der Waals surface area contributed by atoms with Crippen LogP contribution in [0.25, 0.3) is 0 Å². The van der Waals surface area contributed by atoms with E-state index < -0.39 is 91.5 Å². The van der Waals surface area contributed by atoms with Gasteiger partial charge in [-0.25, -0.2) is 9.13 Å². The molecule has 0 heterocycles. The lowest BCUT2D eigenvalue weighted by atomic mass is 10.0. The summed E-state index contributed by atoms with van der Waals surface area (Å²) in [6.07, 6.45) is 79.6. The summed E-state index contributed by atoms with van der Waals surface area (Å²) >= 11 is 0. The number of ether oxygens (including phenoxy) is 3. The number of hydrogen-bond donors (Lipinski definition) is 4. The average molecular weight is 1350 g/mol. The van der Waals surface area contributed by atoms with Crippen LogP contribution in [0.3, 0.4) is 0 Å². The molecule has 0 aliphatic carbocycles. The Morgan fingerprint density at radius 3 is 0.968 bits per heavy atom. The van der Waals surface area contributed by atoms with Gasteiger partial charge in [-0.15, -0.1) is 0 Å². The number of hydrogen-bond acceptors (Lipinski definition) is 14. The maximum atomic E-state index is 12.9.